The molecule has 0 aliphatic carbocycles. The molecule has 1 aliphatic rings. The lowest BCUT2D eigenvalue weighted by molar-refractivity contribution is -0.125. The monoisotopic (exact) mass is 227 g/mol. The van der Waals surface area contributed by atoms with Gasteiger partial charge in [-0.15, -0.1) is 0 Å². The number of amides is 1. The molecule has 94 valence electrons. The Bertz CT molecular complexity index is 227. The summed E-state index contributed by atoms with van der Waals surface area (Å²) in [6.45, 7) is 6.59. The average molecular weight is 227 g/mol. The van der Waals surface area contributed by atoms with Gasteiger partial charge in [0.2, 0.25) is 5.91 Å². The van der Waals surface area contributed by atoms with Crippen LogP contribution < -0.4 is 11.1 Å². The Hall–Kier alpha value is -0.610. The fraction of sp³-hybridized carbons (Fsp3) is 0.917. The maximum atomic E-state index is 11.5. The molecule has 4 heteroatoms. The van der Waals surface area contributed by atoms with Gasteiger partial charge in [-0.2, -0.15) is 0 Å². The van der Waals surface area contributed by atoms with E-state index in [1.54, 1.807) is 13.8 Å². The van der Waals surface area contributed by atoms with E-state index in [1.165, 1.54) is 25.9 Å². The highest BCUT2D eigenvalue weighted by Gasteiger charge is 2.22. The van der Waals surface area contributed by atoms with Crippen LogP contribution in [0.15, 0.2) is 0 Å². The SMILES string of the molecule is CN1CCC(CCNC(=O)C(C)(C)N)CC1. The van der Waals surface area contributed by atoms with Crippen molar-refractivity contribution in [2.45, 2.75) is 38.6 Å². The van der Waals surface area contributed by atoms with Gasteiger partial charge in [0, 0.05) is 6.54 Å². The summed E-state index contributed by atoms with van der Waals surface area (Å²) in [7, 11) is 2.16. The van der Waals surface area contributed by atoms with E-state index < -0.39 is 5.54 Å². The van der Waals surface area contributed by atoms with E-state index in [-0.39, 0.29) is 5.91 Å². The predicted octanol–water partition coefficient (Wildman–Crippen LogP) is 0.572. The van der Waals surface area contributed by atoms with E-state index in [0.29, 0.717) is 0 Å². The Balaban J connectivity index is 2.14. The second kappa shape index (κ2) is 5.64. The van der Waals surface area contributed by atoms with Crippen molar-refractivity contribution in [1.29, 1.82) is 0 Å². The van der Waals surface area contributed by atoms with E-state index >= 15 is 0 Å². The summed E-state index contributed by atoms with van der Waals surface area (Å²) in [5.74, 6) is 0.706. The van der Waals surface area contributed by atoms with Gasteiger partial charge in [0.1, 0.15) is 0 Å². The van der Waals surface area contributed by atoms with Crippen molar-refractivity contribution >= 4 is 5.91 Å². The van der Waals surface area contributed by atoms with Crippen LogP contribution >= 0.6 is 0 Å². The number of hydrogen-bond donors (Lipinski definition) is 2. The highest BCUT2D eigenvalue weighted by molar-refractivity contribution is 5.84. The van der Waals surface area contributed by atoms with Gasteiger partial charge in [0.05, 0.1) is 5.54 Å². The highest BCUT2D eigenvalue weighted by Crippen LogP contribution is 2.18. The third-order valence-electron chi connectivity index (χ3n) is 3.26. The molecule has 0 unspecified atom stereocenters. The van der Waals surface area contributed by atoms with E-state index in [9.17, 15) is 4.79 Å². The van der Waals surface area contributed by atoms with E-state index in [2.05, 4.69) is 17.3 Å². The Morgan fingerprint density at radius 2 is 2.00 bits per heavy atom. The van der Waals surface area contributed by atoms with Gasteiger partial charge in [0.25, 0.3) is 0 Å². The minimum absolute atomic E-state index is 0.0552. The van der Waals surface area contributed by atoms with E-state index in [4.69, 9.17) is 5.73 Å². The Morgan fingerprint density at radius 1 is 1.44 bits per heavy atom. The molecular formula is C12H25N3O. The number of nitrogens with two attached hydrogens (primary N) is 1. The first kappa shape index (κ1) is 13.5. The maximum Gasteiger partial charge on any atom is 0.239 e. The molecule has 1 saturated heterocycles. The van der Waals surface area contributed by atoms with Gasteiger partial charge in [-0.25, -0.2) is 0 Å². The number of likely N-dealkylation sites (tertiary alicyclic amines) is 1. The van der Waals surface area contributed by atoms with E-state index in [0.717, 1.165) is 18.9 Å². The fourth-order valence-electron chi connectivity index (χ4n) is 1.97. The number of hydrogen-bond acceptors (Lipinski definition) is 3. The van der Waals surface area contributed by atoms with Crippen LogP contribution in [-0.4, -0.2) is 43.0 Å². The third kappa shape index (κ3) is 4.49. The molecule has 0 aromatic heterocycles. The molecule has 16 heavy (non-hydrogen) atoms. The molecule has 3 N–H and O–H groups in total. The molecule has 0 aromatic carbocycles. The largest absolute Gasteiger partial charge is 0.355 e. The number of rotatable bonds is 4. The molecule has 0 bridgehead atoms. The zero-order valence-electron chi connectivity index (χ0n) is 10.8. The quantitative estimate of drug-likeness (QED) is 0.738. The first-order valence-corrected chi connectivity index (χ1v) is 6.15. The van der Waals surface area contributed by atoms with Gasteiger partial charge < -0.3 is 16.0 Å². The third-order valence-corrected chi connectivity index (χ3v) is 3.26. The molecule has 1 heterocycles. The lowest BCUT2D eigenvalue weighted by Crippen LogP contribution is -2.49. The summed E-state index contributed by atoms with van der Waals surface area (Å²) in [5, 5.41) is 2.90. The Kier molecular flexibility index (Phi) is 4.74. The average Bonchev–Trinajstić information content (AvgIpc) is 2.19. The summed E-state index contributed by atoms with van der Waals surface area (Å²) >= 11 is 0. The van der Waals surface area contributed by atoms with Gasteiger partial charge >= 0.3 is 0 Å². The molecule has 4 nitrogen and oxygen atoms in total. The Morgan fingerprint density at radius 3 is 2.50 bits per heavy atom. The molecular weight excluding hydrogens is 202 g/mol. The van der Waals surface area contributed by atoms with Gasteiger partial charge in [0.15, 0.2) is 0 Å². The maximum absolute atomic E-state index is 11.5. The van der Waals surface area contributed by atoms with Crippen LogP contribution in [0.1, 0.15) is 33.1 Å². The highest BCUT2D eigenvalue weighted by atomic mass is 16.2. The first-order chi connectivity index (χ1) is 7.39. The summed E-state index contributed by atoms with van der Waals surface area (Å²) < 4.78 is 0. The number of piperidine rings is 1. The van der Waals surface area contributed by atoms with Crippen molar-refractivity contribution in [3.63, 3.8) is 0 Å². The molecule has 1 aliphatic heterocycles. The Labute approximate surface area is 98.6 Å². The zero-order valence-corrected chi connectivity index (χ0v) is 10.8. The van der Waals surface area contributed by atoms with Crippen LogP contribution in [0.25, 0.3) is 0 Å². The molecule has 0 aromatic rings. The van der Waals surface area contributed by atoms with Crippen molar-refractivity contribution < 1.29 is 4.79 Å². The number of nitrogens with one attached hydrogen (secondary N) is 1. The molecule has 0 radical (unpaired) electrons. The lowest BCUT2D eigenvalue weighted by Gasteiger charge is -2.29. The summed E-state index contributed by atoms with van der Waals surface area (Å²) in [5.41, 5.74) is 4.94. The van der Waals surface area contributed by atoms with Gasteiger partial charge in [-0.05, 0) is 59.2 Å². The molecule has 0 spiro atoms. The van der Waals surface area contributed by atoms with Gasteiger partial charge in [-0.1, -0.05) is 0 Å². The van der Waals surface area contributed by atoms with Crippen LogP contribution in [0.5, 0.6) is 0 Å². The van der Waals surface area contributed by atoms with Gasteiger partial charge in [-0.3, -0.25) is 4.79 Å². The van der Waals surface area contributed by atoms with E-state index in [1.807, 2.05) is 0 Å². The second-order valence-corrected chi connectivity index (χ2v) is 5.51. The molecule has 1 amide bonds. The first-order valence-electron chi connectivity index (χ1n) is 6.15. The van der Waals surface area contributed by atoms with Crippen LogP contribution in [-0.2, 0) is 4.79 Å². The lowest BCUT2D eigenvalue weighted by atomic mass is 9.94. The standard InChI is InChI=1S/C12H25N3O/c1-12(2,13)11(16)14-7-4-10-5-8-15(3)9-6-10/h10H,4-9,13H2,1-3H3,(H,14,16). The van der Waals surface area contributed by atoms with Crippen LogP contribution in [0.4, 0.5) is 0 Å². The summed E-state index contributed by atoms with van der Waals surface area (Å²) in [4.78, 5) is 13.9. The van der Waals surface area contributed by atoms with Crippen molar-refractivity contribution in [2.75, 3.05) is 26.7 Å². The normalized spacial score (nSPS) is 19.8. The zero-order chi connectivity index (χ0) is 12.2. The van der Waals surface area contributed by atoms with Crippen molar-refractivity contribution in [2.24, 2.45) is 11.7 Å². The summed E-state index contributed by atoms with van der Waals surface area (Å²) in [6.07, 6.45) is 3.58. The molecule has 0 saturated carbocycles. The van der Waals surface area contributed by atoms with Crippen LogP contribution in [0, 0.1) is 5.92 Å². The number of nitrogens with zero attached hydrogens (tertiary/aromatic N) is 1. The smallest absolute Gasteiger partial charge is 0.239 e. The number of carbonyl (C=O) groups is 1. The molecule has 1 rings (SSSR count). The fourth-order valence-corrected chi connectivity index (χ4v) is 1.97. The van der Waals surface area contributed by atoms with Crippen LogP contribution in [0.2, 0.25) is 0 Å². The van der Waals surface area contributed by atoms with Crippen LogP contribution in [0.3, 0.4) is 0 Å². The van der Waals surface area contributed by atoms with Crippen molar-refractivity contribution in [3.8, 4) is 0 Å². The number of carbonyl (C=O) groups excluding carboxylic acids is 1. The predicted molar refractivity (Wildman–Crippen MR) is 66.1 cm³/mol. The molecule has 1 fully saturated rings. The second-order valence-electron chi connectivity index (χ2n) is 5.51. The summed E-state index contributed by atoms with van der Waals surface area (Å²) in [6, 6.07) is 0. The van der Waals surface area contributed by atoms with Crippen molar-refractivity contribution in [1.82, 2.24) is 10.2 Å². The minimum Gasteiger partial charge on any atom is -0.355 e. The van der Waals surface area contributed by atoms with Crippen molar-refractivity contribution in [3.05, 3.63) is 0 Å². The molecule has 0 atom stereocenters. The minimum atomic E-state index is -0.757. The topological polar surface area (TPSA) is 58.4 Å².